The van der Waals surface area contributed by atoms with Crippen molar-refractivity contribution in [1.29, 1.82) is 0 Å². The molecular formula is C14H21IN4OS. The number of aryl methyl sites for hydroxylation is 2. The van der Waals surface area contributed by atoms with Gasteiger partial charge in [-0.15, -0.1) is 24.0 Å². The SMILES string of the molecule is CCNC(=NCc1ccsc1)NCc1nc(C)c(C)o1.I. The van der Waals surface area contributed by atoms with Gasteiger partial charge in [-0.05, 0) is 43.2 Å². The molecule has 2 rings (SSSR count). The van der Waals surface area contributed by atoms with Crippen molar-refractivity contribution >= 4 is 41.3 Å². The highest BCUT2D eigenvalue weighted by Gasteiger charge is 2.06. The van der Waals surface area contributed by atoms with E-state index < -0.39 is 0 Å². The fourth-order valence-corrected chi connectivity index (χ4v) is 2.33. The smallest absolute Gasteiger partial charge is 0.214 e. The minimum absolute atomic E-state index is 0. The number of hydrogen-bond donors (Lipinski definition) is 2. The highest BCUT2D eigenvalue weighted by Crippen LogP contribution is 2.08. The van der Waals surface area contributed by atoms with E-state index in [1.54, 1.807) is 11.3 Å². The van der Waals surface area contributed by atoms with Gasteiger partial charge in [0.25, 0.3) is 0 Å². The molecule has 0 aliphatic rings. The number of aromatic nitrogens is 1. The molecule has 2 heterocycles. The average molecular weight is 420 g/mol. The van der Waals surface area contributed by atoms with Gasteiger partial charge in [0.15, 0.2) is 5.96 Å². The quantitative estimate of drug-likeness (QED) is 0.443. The van der Waals surface area contributed by atoms with Crippen LogP contribution in [-0.2, 0) is 13.1 Å². The highest BCUT2D eigenvalue weighted by atomic mass is 127. The Labute approximate surface area is 146 Å². The third-order valence-corrected chi connectivity index (χ3v) is 3.56. The molecule has 0 atom stereocenters. The summed E-state index contributed by atoms with van der Waals surface area (Å²) >= 11 is 1.68. The second-order valence-electron chi connectivity index (χ2n) is 4.43. The van der Waals surface area contributed by atoms with Crippen LogP contribution in [0.5, 0.6) is 0 Å². The lowest BCUT2D eigenvalue weighted by atomic mass is 10.3. The Balaban J connectivity index is 0.00000220. The molecule has 0 aliphatic carbocycles. The van der Waals surface area contributed by atoms with Gasteiger partial charge in [0, 0.05) is 6.54 Å². The van der Waals surface area contributed by atoms with Gasteiger partial charge in [0.1, 0.15) is 5.76 Å². The van der Waals surface area contributed by atoms with E-state index in [9.17, 15) is 0 Å². The van der Waals surface area contributed by atoms with E-state index in [1.807, 2.05) is 20.8 Å². The fourth-order valence-electron chi connectivity index (χ4n) is 1.67. The molecule has 0 aromatic carbocycles. The van der Waals surface area contributed by atoms with Gasteiger partial charge in [-0.1, -0.05) is 0 Å². The summed E-state index contributed by atoms with van der Waals surface area (Å²) in [6, 6.07) is 2.08. The number of nitrogens with one attached hydrogen (secondary N) is 2. The second-order valence-corrected chi connectivity index (χ2v) is 5.21. The normalized spacial score (nSPS) is 11.1. The fraction of sp³-hybridized carbons (Fsp3) is 0.429. The molecule has 0 spiro atoms. The number of halogens is 1. The van der Waals surface area contributed by atoms with Crippen LogP contribution < -0.4 is 10.6 Å². The maximum absolute atomic E-state index is 5.54. The summed E-state index contributed by atoms with van der Waals surface area (Å²) in [6.07, 6.45) is 0. The number of aliphatic imine (C=N–C) groups is 1. The van der Waals surface area contributed by atoms with Gasteiger partial charge >= 0.3 is 0 Å². The predicted octanol–water partition coefficient (Wildman–Crippen LogP) is 3.23. The van der Waals surface area contributed by atoms with Crippen LogP contribution in [0.25, 0.3) is 0 Å². The Bertz CT molecular complexity index is 546. The monoisotopic (exact) mass is 420 g/mol. The van der Waals surface area contributed by atoms with Crippen LogP contribution >= 0.6 is 35.3 Å². The summed E-state index contributed by atoms with van der Waals surface area (Å²) in [7, 11) is 0. The van der Waals surface area contributed by atoms with Crippen molar-refractivity contribution in [3.05, 3.63) is 39.7 Å². The summed E-state index contributed by atoms with van der Waals surface area (Å²) in [5.41, 5.74) is 2.15. The molecule has 7 heteroatoms. The number of rotatable bonds is 5. The van der Waals surface area contributed by atoms with E-state index in [2.05, 4.69) is 37.4 Å². The van der Waals surface area contributed by atoms with Gasteiger partial charge in [-0.2, -0.15) is 11.3 Å². The van der Waals surface area contributed by atoms with Crippen molar-refractivity contribution in [1.82, 2.24) is 15.6 Å². The van der Waals surface area contributed by atoms with Crippen LogP contribution in [0.2, 0.25) is 0 Å². The van der Waals surface area contributed by atoms with E-state index >= 15 is 0 Å². The molecule has 2 aromatic heterocycles. The Morgan fingerprint density at radius 3 is 2.76 bits per heavy atom. The molecule has 0 amide bonds. The first kappa shape index (κ1) is 18.0. The van der Waals surface area contributed by atoms with Gasteiger partial charge in [-0.25, -0.2) is 9.98 Å². The third kappa shape index (κ3) is 5.66. The lowest BCUT2D eigenvalue weighted by Crippen LogP contribution is -2.36. The zero-order valence-corrected chi connectivity index (χ0v) is 15.6. The van der Waals surface area contributed by atoms with Crippen LogP contribution in [0.3, 0.4) is 0 Å². The minimum Gasteiger partial charge on any atom is -0.444 e. The Hall–Kier alpha value is -1.09. The molecule has 0 aliphatic heterocycles. The number of thiophene rings is 1. The molecule has 0 fully saturated rings. The minimum atomic E-state index is 0. The Morgan fingerprint density at radius 2 is 2.19 bits per heavy atom. The van der Waals surface area contributed by atoms with Crippen LogP contribution in [0.15, 0.2) is 26.2 Å². The lowest BCUT2D eigenvalue weighted by Gasteiger charge is -2.09. The van der Waals surface area contributed by atoms with Crippen LogP contribution in [-0.4, -0.2) is 17.5 Å². The second kappa shape index (κ2) is 9.04. The summed E-state index contributed by atoms with van der Waals surface area (Å²) in [6.45, 7) is 7.92. The zero-order chi connectivity index (χ0) is 14.4. The number of nitrogens with zero attached hydrogens (tertiary/aromatic N) is 2. The topological polar surface area (TPSA) is 62.5 Å². The zero-order valence-electron chi connectivity index (χ0n) is 12.5. The van der Waals surface area contributed by atoms with Crippen molar-refractivity contribution in [3.63, 3.8) is 0 Å². The van der Waals surface area contributed by atoms with E-state index in [-0.39, 0.29) is 24.0 Å². The van der Waals surface area contributed by atoms with Gasteiger partial charge < -0.3 is 15.1 Å². The summed E-state index contributed by atoms with van der Waals surface area (Å²) in [5, 5.41) is 10.6. The van der Waals surface area contributed by atoms with Crippen molar-refractivity contribution in [2.45, 2.75) is 33.9 Å². The predicted molar refractivity (Wildman–Crippen MR) is 97.4 cm³/mol. The third-order valence-electron chi connectivity index (χ3n) is 2.82. The average Bonchev–Trinajstić information content (AvgIpc) is 3.04. The molecule has 0 saturated heterocycles. The summed E-state index contributed by atoms with van der Waals surface area (Å²) in [5.74, 6) is 2.32. The van der Waals surface area contributed by atoms with E-state index in [0.717, 1.165) is 24.0 Å². The van der Waals surface area contributed by atoms with Crippen LogP contribution in [0.1, 0.15) is 29.8 Å². The maximum Gasteiger partial charge on any atom is 0.214 e. The summed E-state index contributed by atoms with van der Waals surface area (Å²) in [4.78, 5) is 8.87. The molecule has 0 unspecified atom stereocenters. The standard InChI is InChI=1S/C14H20N4OS.HI/c1-4-15-14(16-7-12-5-6-20-9-12)17-8-13-18-10(2)11(3)19-13;/h5-6,9H,4,7-8H2,1-3H3,(H2,15,16,17);1H. The molecule has 0 bridgehead atoms. The molecule has 116 valence electrons. The van der Waals surface area contributed by atoms with E-state index in [4.69, 9.17) is 4.42 Å². The molecule has 0 radical (unpaired) electrons. The number of guanidine groups is 1. The molecule has 21 heavy (non-hydrogen) atoms. The Kier molecular flexibility index (Phi) is 7.73. The maximum atomic E-state index is 5.54. The van der Waals surface area contributed by atoms with Gasteiger partial charge in [0.2, 0.25) is 5.89 Å². The van der Waals surface area contributed by atoms with Crippen molar-refractivity contribution in [2.75, 3.05) is 6.54 Å². The van der Waals surface area contributed by atoms with Crippen LogP contribution in [0.4, 0.5) is 0 Å². The van der Waals surface area contributed by atoms with E-state index in [0.29, 0.717) is 19.0 Å². The number of oxazole rings is 1. The number of hydrogen-bond acceptors (Lipinski definition) is 4. The van der Waals surface area contributed by atoms with Crippen molar-refractivity contribution in [3.8, 4) is 0 Å². The summed E-state index contributed by atoms with van der Waals surface area (Å²) < 4.78 is 5.54. The lowest BCUT2D eigenvalue weighted by molar-refractivity contribution is 0.463. The first-order valence-electron chi connectivity index (χ1n) is 6.65. The van der Waals surface area contributed by atoms with Crippen LogP contribution in [0, 0.1) is 13.8 Å². The molecular weight excluding hydrogens is 399 g/mol. The van der Waals surface area contributed by atoms with Crippen molar-refractivity contribution < 1.29 is 4.42 Å². The first-order valence-corrected chi connectivity index (χ1v) is 7.59. The molecule has 5 nitrogen and oxygen atoms in total. The highest BCUT2D eigenvalue weighted by molar-refractivity contribution is 14.0. The van der Waals surface area contributed by atoms with E-state index in [1.165, 1.54) is 5.56 Å². The molecule has 0 saturated carbocycles. The van der Waals surface area contributed by atoms with Gasteiger partial charge in [-0.3, -0.25) is 0 Å². The first-order chi connectivity index (χ1) is 9.69. The molecule has 2 aromatic rings. The van der Waals surface area contributed by atoms with Gasteiger partial charge in [0.05, 0.1) is 18.8 Å². The molecule has 2 N–H and O–H groups in total. The Morgan fingerprint density at radius 1 is 1.38 bits per heavy atom. The van der Waals surface area contributed by atoms with Crippen molar-refractivity contribution in [2.24, 2.45) is 4.99 Å². The largest absolute Gasteiger partial charge is 0.444 e.